The number of hydrogen-bond donors (Lipinski definition) is 1. The highest BCUT2D eigenvalue weighted by molar-refractivity contribution is 5.75. The number of ketones is 1. The highest BCUT2D eigenvalue weighted by Gasteiger charge is 2.27. The van der Waals surface area contributed by atoms with Crippen molar-refractivity contribution in [2.45, 2.75) is 100.0 Å². The number of halogens is 1. The van der Waals surface area contributed by atoms with Gasteiger partial charge < -0.3 is 19.4 Å². The molecule has 1 aliphatic rings. The minimum absolute atomic E-state index is 0.120. The maximum Gasteiger partial charge on any atom is 0.142 e. The summed E-state index contributed by atoms with van der Waals surface area (Å²) < 4.78 is 15.6. The molecule has 4 rings (SSSR count). The molecule has 0 unspecified atom stereocenters. The molecule has 0 atom stereocenters. The number of rotatable bonds is 6. The van der Waals surface area contributed by atoms with Crippen LogP contribution in [0.4, 0.5) is 10.1 Å². The van der Waals surface area contributed by atoms with Crippen LogP contribution in [-0.4, -0.2) is 45.3 Å². The fraction of sp³-hybridized carbons (Fsp3) is 0.581. The molecule has 0 saturated carbocycles. The first-order valence-electron chi connectivity index (χ1n) is 14.0. The summed E-state index contributed by atoms with van der Waals surface area (Å²) in [4.78, 5) is 21.3. The molecule has 4 heterocycles. The minimum atomic E-state index is -0.120. The Labute approximate surface area is 229 Å². The van der Waals surface area contributed by atoms with E-state index in [2.05, 4.69) is 53.9 Å². The van der Waals surface area contributed by atoms with E-state index in [1.54, 1.807) is 13.8 Å². The molecule has 0 spiro atoms. The third kappa shape index (κ3) is 8.62. The lowest BCUT2D eigenvalue weighted by Gasteiger charge is -2.41. The first-order valence-corrected chi connectivity index (χ1v) is 14.0. The van der Waals surface area contributed by atoms with Crippen LogP contribution in [0.1, 0.15) is 88.9 Å². The van der Waals surface area contributed by atoms with Crippen LogP contribution in [0.2, 0.25) is 0 Å². The van der Waals surface area contributed by atoms with E-state index in [-0.39, 0.29) is 17.1 Å². The zero-order chi connectivity index (χ0) is 28.5. The van der Waals surface area contributed by atoms with Crippen molar-refractivity contribution in [1.29, 1.82) is 0 Å². The van der Waals surface area contributed by atoms with Crippen molar-refractivity contribution in [3.05, 3.63) is 58.6 Å². The number of imidazole rings is 1. The topological polar surface area (TPSA) is 62.5 Å². The predicted octanol–water partition coefficient (Wildman–Crippen LogP) is 6.56. The van der Waals surface area contributed by atoms with Crippen LogP contribution < -0.4 is 10.2 Å². The van der Waals surface area contributed by atoms with E-state index in [4.69, 9.17) is 0 Å². The molecule has 1 N–H and O–H groups in total. The van der Waals surface area contributed by atoms with Crippen LogP contribution in [0.3, 0.4) is 0 Å². The van der Waals surface area contributed by atoms with E-state index < -0.39 is 0 Å². The van der Waals surface area contributed by atoms with E-state index in [9.17, 15) is 9.18 Å². The highest BCUT2D eigenvalue weighted by Crippen LogP contribution is 2.26. The lowest BCUT2D eigenvalue weighted by molar-refractivity contribution is -0.117. The molecule has 0 radical (unpaired) electrons. The van der Waals surface area contributed by atoms with Crippen molar-refractivity contribution in [3.63, 3.8) is 0 Å². The fourth-order valence-electron chi connectivity index (χ4n) is 4.84. The second kappa shape index (κ2) is 14.4. The van der Waals surface area contributed by atoms with Gasteiger partial charge in [0.05, 0.1) is 5.69 Å². The molecule has 1 aliphatic heterocycles. The minimum Gasteiger partial charge on any atom is -0.368 e. The molecule has 1 fully saturated rings. The number of piperazine rings is 1. The number of anilines is 1. The quantitative estimate of drug-likeness (QED) is 0.395. The van der Waals surface area contributed by atoms with Gasteiger partial charge in [-0.15, -0.1) is 0 Å². The Kier molecular flexibility index (Phi) is 11.9. The molecule has 3 aromatic rings. The van der Waals surface area contributed by atoms with E-state index in [1.807, 2.05) is 43.8 Å². The molecular formula is C31H48FN5O. The van der Waals surface area contributed by atoms with Gasteiger partial charge in [-0.05, 0) is 72.4 Å². The summed E-state index contributed by atoms with van der Waals surface area (Å²) in [6.07, 6.45) is 10.4. The lowest BCUT2D eigenvalue weighted by Crippen LogP contribution is -2.57. The maximum atomic E-state index is 13.7. The summed E-state index contributed by atoms with van der Waals surface area (Å²) in [6, 6.07) is 2.18. The number of fused-ring (bicyclic) bond motifs is 1. The number of nitrogens with one attached hydrogen (secondary N) is 1. The largest absolute Gasteiger partial charge is 0.368 e. The zero-order valence-electron chi connectivity index (χ0n) is 25.0. The third-order valence-electron chi connectivity index (χ3n) is 6.74. The zero-order valence-corrected chi connectivity index (χ0v) is 25.0. The number of hydrogen-bond acceptors (Lipinski definition) is 5. The molecule has 0 amide bonds. The van der Waals surface area contributed by atoms with Crippen molar-refractivity contribution in [2.75, 3.05) is 24.5 Å². The summed E-state index contributed by atoms with van der Waals surface area (Å²) in [5.74, 6) is 0.170. The Morgan fingerprint density at radius 1 is 1.13 bits per heavy atom. The highest BCUT2D eigenvalue weighted by atomic mass is 19.1. The Balaban J connectivity index is 0.000000225. The van der Waals surface area contributed by atoms with Crippen molar-refractivity contribution in [3.8, 4) is 0 Å². The van der Waals surface area contributed by atoms with Gasteiger partial charge in [0.15, 0.2) is 0 Å². The molecule has 3 aromatic heterocycles. The van der Waals surface area contributed by atoms with Gasteiger partial charge in [0, 0.05) is 72.7 Å². The van der Waals surface area contributed by atoms with Crippen molar-refractivity contribution < 1.29 is 9.18 Å². The first-order chi connectivity index (χ1) is 17.9. The number of aryl methyl sites for hydroxylation is 4. The summed E-state index contributed by atoms with van der Waals surface area (Å²) >= 11 is 0. The standard InChI is InChI=1S/C15H25N3.C11H13FN2.C5H10O/c1-5-6-13-12(2)16-8-7-14(13)18-10-9-17-15(3,4)11-18;1-4-9-6-14-5-7(2)13-11(14)8(3)10(9)12;1-3-4-5(2)6/h7-8,17H,5-6,9-11H2,1-4H3;5-6H,4H2,1-3H3;3-4H2,1-2H3. The summed E-state index contributed by atoms with van der Waals surface area (Å²) in [5, 5.41) is 3.57. The van der Waals surface area contributed by atoms with Gasteiger partial charge in [-0.25, -0.2) is 9.37 Å². The van der Waals surface area contributed by atoms with E-state index in [1.165, 1.54) is 23.4 Å². The normalized spacial score (nSPS) is 14.4. The molecular weight excluding hydrogens is 477 g/mol. The Morgan fingerprint density at radius 3 is 2.39 bits per heavy atom. The third-order valence-corrected chi connectivity index (χ3v) is 6.74. The average Bonchev–Trinajstić information content (AvgIpc) is 3.23. The lowest BCUT2D eigenvalue weighted by atomic mass is 9.99. The number of carbonyl (C=O) groups excluding carboxylic acids is 1. The monoisotopic (exact) mass is 525 g/mol. The Morgan fingerprint density at radius 2 is 1.84 bits per heavy atom. The predicted molar refractivity (Wildman–Crippen MR) is 157 cm³/mol. The van der Waals surface area contributed by atoms with Crippen LogP contribution in [-0.2, 0) is 17.6 Å². The Bertz CT molecular complexity index is 1200. The smallest absolute Gasteiger partial charge is 0.142 e. The van der Waals surface area contributed by atoms with Gasteiger partial charge in [0.1, 0.15) is 17.2 Å². The average molecular weight is 526 g/mol. The molecule has 38 heavy (non-hydrogen) atoms. The summed E-state index contributed by atoms with van der Waals surface area (Å²) in [6.45, 7) is 21.4. The van der Waals surface area contributed by atoms with Gasteiger partial charge in [-0.1, -0.05) is 27.2 Å². The van der Waals surface area contributed by atoms with E-state index in [0.717, 1.165) is 55.8 Å². The van der Waals surface area contributed by atoms with E-state index >= 15 is 0 Å². The van der Waals surface area contributed by atoms with Crippen LogP contribution >= 0.6 is 0 Å². The van der Waals surface area contributed by atoms with E-state index in [0.29, 0.717) is 12.0 Å². The van der Waals surface area contributed by atoms with Crippen LogP contribution in [0.15, 0.2) is 24.7 Å². The molecule has 6 nitrogen and oxygen atoms in total. The molecule has 0 aromatic carbocycles. The van der Waals surface area contributed by atoms with Crippen LogP contribution in [0.5, 0.6) is 0 Å². The second-order valence-corrected chi connectivity index (χ2v) is 10.9. The first kappa shape index (κ1) is 31.4. The second-order valence-electron chi connectivity index (χ2n) is 10.9. The number of pyridine rings is 2. The molecule has 1 saturated heterocycles. The van der Waals surface area contributed by atoms with Crippen LogP contribution in [0.25, 0.3) is 5.65 Å². The Hall–Kier alpha value is -2.80. The molecule has 210 valence electrons. The summed E-state index contributed by atoms with van der Waals surface area (Å²) in [5.41, 5.74) is 7.21. The molecule has 7 heteroatoms. The number of nitrogens with zero attached hydrogens (tertiary/aromatic N) is 4. The van der Waals surface area contributed by atoms with Gasteiger partial charge in [0.2, 0.25) is 0 Å². The van der Waals surface area contributed by atoms with Gasteiger partial charge in [-0.3, -0.25) is 4.98 Å². The van der Waals surface area contributed by atoms with Gasteiger partial charge in [-0.2, -0.15) is 0 Å². The van der Waals surface area contributed by atoms with Gasteiger partial charge in [0.25, 0.3) is 0 Å². The van der Waals surface area contributed by atoms with Crippen molar-refractivity contribution in [2.24, 2.45) is 0 Å². The maximum absolute atomic E-state index is 13.7. The van der Waals surface area contributed by atoms with Crippen LogP contribution in [0, 0.1) is 26.6 Å². The van der Waals surface area contributed by atoms with Crippen molar-refractivity contribution >= 4 is 17.1 Å². The number of aromatic nitrogens is 3. The summed E-state index contributed by atoms with van der Waals surface area (Å²) in [7, 11) is 0. The van der Waals surface area contributed by atoms with Crippen molar-refractivity contribution in [1.82, 2.24) is 19.7 Å². The SMILES string of the molecule is CCCC(C)=O.CCCc1c(N2CCNC(C)(C)C2)ccnc1C.CCc1cn2cc(C)nc2c(C)c1F. The number of Topliss-reactive ketones (excluding diaryl/α,β-unsaturated/α-hetero) is 1. The number of carbonyl (C=O) groups is 1. The van der Waals surface area contributed by atoms with Gasteiger partial charge >= 0.3 is 0 Å². The fourth-order valence-corrected chi connectivity index (χ4v) is 4.84. The molecule has 0 aliphatic carbocycles. The molecule has 0 bridgehead atoms.